The fourth-order valence-corrected chi connectivity index (χ4v) is 4.76. The Balaban J connectivity index is 1.51. The minimum atomic E-state index is 0.0246. The van der Waals surface area contributed by atoms with Gasteiger partial charge in [0, 0.05) is 19.6 Å². The van der Waals surface area contributed by atoms with Crippen molar-refractivity contribution < 1.29 is 9.90 Å². The standard InChI is InChI=1S/C19H31N3O2S/c23-17(22-11-7-2-1-3-8-12-22)13-16-18(24)21-19(25-16)20-14-15-9-5-4-6-10-15/h15,24H,1-14H2,(H,20,21). The lowest BCUT2D eigenvalue weighted by molar-refractivity contribution is -0.130. The van der Waals surface area contributed by atoms with Gasteiger partial charge in [0.1, 0.15) is 0 Å². The first-order valence-electron chi connectivity index (χ1n) is 9.92. The third-order valence-electron chi connectivity index (χ3n) is 5.46. The molecule has 0 radical (unpaired) electrons. The summed E-state index contributed by atoms with van der Waals surface area (Å²) in [6.45, 7) is 2.63. The first-order valence-corrected chi connectivity index (χ1v) is 10.7. The molecule has 2 heterocycles. The van der Waals surface area contributed by atoms with Crippen LogP contribution in [0.4, 0.5) is 5.13 Å². The molecule has 3 rings (SSSR count). The van der Waals surface area contributed by atoms with Crippen molar-refractivity contribution in [1.82, 2.24) is 9.88 Å². The Labute approximate surface area is 154 Å². The highest BCUT2D eigenvalue weighted by Gasteiger charge is 2.20. The van der Waals surface area contributed by atoms with Crippen LogP contribution in [0.5, 0.6) is 5.88 Å². The highest BCUT2D eigenvalue weighted by Crippen LogP contribution is 2.30. The molecule has 0 unspecified atom stereocenters. The van der Waals surface area contributed by atoms with E-state index in [1.54, 1.807) is 0 Å². The smallest absolute Gasteiger partial charge is 0.228 e. The average molecular weight is 366 g/mol. The lowest BCUT2D eigenvalue weighted by atomic mass is 9.89. The van der Waals surface area contributed by atoms with E-state index in [4.69, 9.17) is 0 Å². The number of carbonyl (C=O) groups excluding carboxylic acids is 1. The van der Waals surface area contributed by atoms with E-state index < -0.39 is 0 Å². The molecule has 2 N–H and O–H groups in total. The SMILES string of the molecule is O=C(Cc1sc(NCC2CCCCC2)nc1O)N1CCCCCCC1. The van der Waals surface area contributed by atoms with Crippen molar-refractivity contribution >= 4 is 22.4 Å². The van der Waals surface area contributed by atoms with Crippen LogP contribution < -0.4 is 5.32 Å². The van der Waals surface area contributed by atoms with E-state index in [1.165, 1.54) is 62.7 Å². The van der Waals surface area contributed by atoms with Gasteiger partial charge in [-0.25, -0.2) is 0 Å². The maximum Gasteiger partial charge on any atom is 0.228 e. The maximum absolute atomic E-state index is 12.6. The molecular formula is C19H31N3O2S. The van der Waals surface area contributed by atoms with Crippen molar-refractivity contribution in [2.75, 3.05) is 25.0 Å². The molecule has 25 heavy (non-hydrogen) atoms. The zero-order chi connectivity index (χ0) is 17.5. The van der Waals surface area contributed by atoms with Crippen molar-refractivity contribution in [3.05, 3.63) is 4.88 Å². The molecule has 1 aromatic heterocycles. The van der Waals surface area contributed by atoms with Gasteiger partial charge in [-0.05, 0) is 31.6 Å². The molecule has 6 heteroatoms. The predicted octanol–water partition coefficient (Wildman–Crippen LogP) is 4.18. The summed E-state index contributed by atoms with van der Waals surface area (Å²) < 4.78 is 0. The second kappa shape index (κ2) is 9.41. The molecule has 0 bridgehead atoms. The summed E-state index contributed by atoms with van der Waals surface area (Å²) in [5.74, 6) is 0.863. The Morgan fingerprint density at radius 2 is 1.72 bits per heavy atom. The number of hydrogen-bond donors (Lipinski definition) is 2. The number of anilines is 1. The maximum atomic E-state index is 12.6. The predicted molar refractivity (Wildman–Crippen MR) is 102 cm³/mol. The molecule has 140 valence electrons. The minimum Gasteiger partial charge on any atom is -0.492 e. The van der Waals surface area contributed by atoms with E-state index in [9.17, 15) is 9.90 Å². The van der Waals surface area contributed by atoms with E-state index in [0.717, 1.165) is 37.6 Å². The third-order valence-corrected chi connectivity index (χ3v) is 6.47. The molecule has 1 amide bonds. The molecule has 0 spiro atoms. The lowest BCUT2D eigenvalue weighted by Crippen LogP contribution is -2.34. The van der Waals surface area contributed by atoms with Crippen LogP contribution in [0.2, 0.25) is 0 Å². The summed E-state index contributed by atoms with van der Waals surface area (Å²) >= 11 is 1.43. The molecule has 1 aliphatic heterocycles. The van der Waals surface area contributed by atoms with Gasteiger partial charge in [-0.1, -0.05) is 49.9 Å². The third kappa shape index (κ3) is 5.59. The van der Waals surface area contributed by atoms with Gasteiger partial charge in [-0.3, -0.25) is 4.79 Å². The monoisotopic (exact) mass is 365 g/mol. The number of aromatic hydroxyl groups is 1. The van der Waals surface area contributed by atoms with Gasteiger partial charge in [0.15, 0.2) is 5.13 Å². The number of rotatable bonds is 5. The quantitative estimate of drug-likeness (QED) is 0.822. The Morgan fingerprint density at radius 3 is 2.44 bits per heavy atom. The van der Waals surface area contributed by atoms with Gasteiger partial charge >= 0.3 is 0 Å². The zero-order valence-electron chi connectivity index (χ0n) is 15.1. The minimum absolute atomic E-state index is 0.0246. The molecule has 2 aliphatic rings. The molecule has 1 aromatic rings. The molecule has 1 saturated carbocycles. The number of nitrogens with zero attached hydrogens (tertiary/aromatic N) is 2. The Hall–Kier alpha value is -1.30. The largest absolute Gasteiger partial charge is 0.492 e. The summed E-state index contributed by atoms with van der Waals surface area (Å²) in [7, 11) is 0. The molecule has 5 nitrogen and oxygen atoms in total. The van der Waals surface area contributed by atoms with Crippen LogP contribution >= 0.6 is 11.3 Å². The van der Waals surface area contributed by atoms with Crippen molar-refractivity contribution in [3.8, 4) is 5.88 Å². The van der Waals surface area contributed by atoms with E-state index in [2.05, 4.69) is 10.3 Å². The van der Waals surface area contributed by atoms with E-state index in [0.29, 0.717) is 10.8 Å². The summed E-state index contributed by atoms with van der Waals surface area (Å²) in [6.07, 6.45) is 12.7. The summed E-state index contributed by atoms with van der Waals surface area (Å²) in [6, 6.07) is 0. The summed E-state index contributed by atoms with van der Waals surface area (Å²) in [5, 5.41) is 14.2. The van der Waals surface area contributed by atoms with Gasteiger partial charge < -0.3 is 15.3 Å². The van der Waals surface area contributed by atoms with E-state index in [1.807, 2.05) is 4.90 Å². The number of thiazole rings is 1. The Bertz CT molecular complexity index is 547. The Kier molecular flexibility index (Phi) is 6.96. The van der Waals surface area contributed by atoms with Gasteiger partial charge in [-0.15, -0.1) is 0 Å². The van der Waals surface area contributed by atoms with E-state index in [-0.39, 0.29) is 18.2 Å². The van der Waals surface area contributed by atoms with Crippen molar-refractivity contribution in [2.45, 2.75) is 70.6 Å². The van der Waals surface area contributed by atoms with Crippen molar-refractivity contribution in [3.63, 3.8) is 0 Å². The topological polar surface area (TPSA) is 65.5 Å². The van der Waals surface area contributed by atoms with Gasteiger partial charge in [0.2, 0.25) is 11.8 Å². The first-order chi connectivity index (χ1) is 12.2. The van der Waals surface area contributed by atoms with Crippen LogP contribution in [0.15, 0.2) is 0 Å². The van der Waals surface area contributed by atoms with Crippen LogP contribution in [0.1, 0.15) is 69.1 Å². The van der Waals surface area contributed by atoms with Crippen LogP contribution in [0.25, 0.3) is 0 Å². The fraction of sp³-hybridized carbons (Fsp3) is 0.789. The number of nitrogens with one attached hydrogen (secondary N) is 1. The fourth-order valence-electron chi connectivity index (χ4n) is 3.90. The van der Waals surface area contributed by atoms with Crippen molar-refractivity contribution in [2.24, 2.45) is 5.92 Å². The highest BCUT2D eigenvalue weighted by molar-refractivity contribution is 7.16. The highest BCUT2D eigenvalue weighted by atomic mass is 32.1. The molecule has 2 fully saturated rings. The van der Waals surface area contributed by atoms with Crippen LogP contribution in [-0.4, -0.2) is 40.5 Å². The second-order valence-corrected chi connectivity index (χ2v) is 8.56. The van der Waals surface area contributed by atoms with Crippen LogP contribution in [0.3, 0.4) is 0 Å². The molecule has 1 saturated heterocycles. The van der Waals surface area contributed by atoms with Gasteiger partial charge in [0.05, 0.1) is 11.3 Å². The lowest BCUT2D eigenvalue weighted by Gasteiger charge is -2.24. The van der Waals surface area contributed by atoms with E-state index >= 15 is 0 Å². The van der Waals surface area contributed by atoms with Crippen LogP contribution in [0, 0.1) is 5.92 Å². The zero-order valence-corrected chi connectivity index (χ0v) is 16.0. The molecule has 1 aliphatic carbocycles. The first kappa shape index (κ1) is 18.5. The van der Waals surface area contributed by atoms with Gasteiger partial charge in [-0.2, -0.15) is 4.98 Å². The Morgan fingerprint density at radius 1 is 1.08 bits per heavy atom. The number of amides is 1. The average Bonchev–Trinajstić information content (AvgIpc) is 2.93. The number of carbonyl (C=O) groups is 1. The number of aromatic nitrogens is 1. The van der Waals surface area contributed by atoms with Gasteiger partial charge in [0.25, 0.3) is 0 Å². The van der Waals surface area contributed by atoms with Crippen molar-refractivity contribution in [1.29, 1.82) is 0 Å². The van der Waals surface area contributed by atoms with Crippen LogP contribution in [-0.2, 0) is 11.2 Å². The molecule has 0 aromatic carbocycles. The molecular weight excluding hydrogens is 334 g/mol. The molecule has 0 atom stereocenters. The second-order valence-electron chi connectivity index (χ2n) is 7.48. The summed E-state index contributed by atoms with van der Waals surface area (Å²) in [5.41, 5.74) is 0. The summed E-state index contributed by atoms with van der Waals surface area (Å²) in [4.78, 5) is 19.4. The number of likely N-dealkylation sites (tertiary alicyclic amines) is 1. The normalized spacial score (nSPS) is 20.1. The number of hydrogen-bond acceptors (Lipinski definition) is 5.